The molecule has 2 heterocycles. The summed E-state index contributed by atoms with van der Waals surface area (Å²) in [5, 5.41) is 2.94. The number of benzene rings is 1. The molecule has 1 aliphatic rings. The SMILES string of the molecule is CCOC(=O)c1c(S(=O)(=O)N2CCC[C@H](C(=O)NCCc3ccccc3)C2)c(C)n(C)c1C. The Labute approximate surface area is 196 Å². The van der Waals surface area contributed by atoms with Gasteiger partial charge in [-0.3, -0.25) is 4.79 Å². The smallest absolute Gasteiger partial charge is 0.341 e. The van der Waals surface area contributed by atoms with Crippen molar-refractivity contribution in [1.29, 1.82) is 0 Å². The van der Waals surface area contributed by atoms with E-state index in [4.69, 9.17) is 4.74 Å². The Morgan fingerprint density at radius 3 is 2.52 bits per heavy atom. The second-order valence-electron chi connectivity index (χ2n) is 8.38. The highest BCUT2D eigenvalue weighted by molar-refractivity contribution is 7.89. The van der Waals surface area contributed by atoms with Crippen LogP contribution in [0.4, 0.5) is 0 Å². The van der Waals surface area contributed by atoms with Crippen LogP contribution >= 0.6 is 0 Å². The molecule has 0 saturated carbocycles. The van der Waals surface area contributed by atoms with Crippen LogP contribution in [-0.2, 0) is 33.0 Å². The number of carbonyl (C=O) groups is 2. The van der Waals surface area contributed by atoms with Crippen molar-refractivity contribution in [2.75, 3.05) is 26.2 Å². The number of ether oxygens (including phenoxy) is 1. The van der Waals surface area contributed by atoms with Gasteiger partial charge in [-0.25, -0.2) is 13.2 Å². The Kier molecular flexibility index (Phi) is 7.97. The average molecular weight is 476 g/mol. The van der Waals surface area contributed by atoms with Gasteiger partial charge in [-0.1, -0.05) is 30.3 Å². The standard InChI is InChI=1S/C24H33N3O5S/c1-5-32-24(29)21-17(2)26(4)18(3)22(21)33(30,31)27-15-9-12-20(16-27)23(28)25-14-13-19-10-7-6-8-11-19/h6-8,10-11,20H,5,9,12-16H2,1-4H3,(H,25,28)/t20-/m0/s1. The van der Waals surface area contributed by atoms with Gasteiger partial charge in [-0.05, 0) is 45.6 Å². The molecular weight excluding hydrogens is 442 g/mol. The van der Waals surface area contributed by atoms with E-state index in [1.807, 2.05) is 30.3 Å². The molecule has 1 aromatic carbocycles. The summed E-state index contributed by atoms with van der Waals surface area (Å²) in [6, 6.07) is 9.87. The van der Waals surface area contributed by atoms with Crippen LogP contribution < -0.4 is 5.32 Å². The Morgan fingerprint density at radius 2 is 1.85 bits per heavy atom. The lowest BCUT2D eigenvalue weighted by Crippen LogP contribution is -2.46. The van der Waals surface area contributed by atoms with Crippen molar-refractivity contribution < 1.29 is 22.7 Å². The number of nitrogens with zero attached hydrogens (tertiary/aromatic N) is 2. The number of sulfonamides is 1. The second-order valence-corrected chi connectivity index (χ2v) is 10.3. The molecule has 8 nitrogen and oxygen atoms in total. The number of hydrogen-bond donors (Lipinski definition) is 1. The van der Waals surface area contributed by atoms with Crippen LogP contribution in [-0.4, -0.2) is 55.4 Å². The van der Waals surface area contributed by atoms with Gasteiger partial charge in [-0.15, -0.1) is 0 Å². The molecule has 1 fully saturated rings. The Morgan fingerprint density at radius 1 is 1.15 bits per heavy atom. The first-order valence-corrected chi connectivity index (χ1v) is 12.8. The summed E-state index contributed by atoms with van der Waals surface area (Å²) in [5.74, 6) is -1.22. The Bertz CT molecular complexity index is 1110. The summed E-state index contributed by atoms with van der Waals surface area (Å²) in [4.78, 5) is 25.4. The minimum absolute atomic E-state index is 0.0221. The molecule has 2 aromatic rings. The van der Waals surface area contributed by atoms with E-state index in [1.54, 1.807) is 32.4 Å². The Hall–Kier alpha value is -2.65. The first-order chi connectivity index (χ1) is 15.7. The predicted octanol–water partition coefficient (Wildman–Crippen LogP) is 2.58. The lowest BCUT2D eigenvalue weighted by Gasteiger charge is -2.31. The van der Waals surface area contributed by atoms with Crippen molar-refractivity contribution in [2.24, 2.45) is 13.0 Å². The minimum Gasteiger partial charge on any atom is -0.462 e. The van der Waals surface area contributed by atoms with Crippen molar-refractivity contribution in [3.63, 3.8) is 0 Å². The molecule has 0 aliphatic carbocycles. The summed E-state index contributed by atoms with van der Waals surface area (Å²) < 4.78 is 35.5. The molecule has 0 bridgehead atoms. The fraction of sp³-hybridized carbons (Fsp3) is 0.500. The molecule has 180 valence electrons. The minimum atomic E-state index is -3.99. The van der Waals surface area contributed by atoms with Crippen molar-refractivity contribution in [3.05, 3.63) is 52.8 Å². The molecule has 0 radical (unpaired) electrons. The van der Waals surface area contributed by atoms with Crippen molar-refractivity contribution >= 4 is 21.9 Å². The van der Waals surface area contributed by atoms with E-state index in [1.165, 1.54) is 4.31 Å². The third kappa shape index (κ3) is 5.30. The number of amides is 1. The molecule has 1 saturated heterocycles. The van der Waals surface area contributed by atoms with E-state index in [0.717, 1.165) is 5.56 Å². The highest BCUT2D eigenvalue weighted by atomic mass is 32.2. The maximum Gasteiger partial charge on any atom is 0.341 e. The van der Waals surface area contributed by atoms with Crippen molar-refractivity contribution in [2.45, 2.75) is 44.9 Å². The molecule has 9 heteroatoms. The molecule has 33 heavy (non-hydrogen) atoms. The van der Waals surface area contributed by atoms with E-state index >= 15 is 0 Å². The number of esters is 1. The zero-order valence-corrected chi connectivity index (χ0v) is 20.6. The summed E-state index contributed by atoms with van der Waals surface area (Å²) in [6.07, 6.45) is 1.92. The van der Waals surface area contributed by atoms with Gasteiger partial charge in [0.1, 0.15) is 10.5 Å². The quantitative estimate of drug-likeness (QED) is 0.592. The molecule has 1 N–H and O–H groups in total. The second kappa shape index (κ2) is 10.5. The number of piperidine rings is 1. The maximum absolute atomic E-state index is 13.6. The number of aromatic nitrogens is 1. The monoisotopic (exact) mass is 475 g/mol. The van der Waals surface area contributed by atoms with Crippen molar-refractivity contribution in [1.82, 2.24) is 14.2 Å². The molecule has 1 atom stereocenters. The zero-order valence-electron chi connectivity index (χ0n) is 19.8. The molecular formula is C24H33N3O5S. The van der Waals surface area contributed by atoms with Gasteiger partial charge in [0.05, 0.1) is 12.5 Å². The number of rotatable bonds is 8. The highest BCUT2D eigenvalue weighted by Gasteiger charge is 2.38. The third-order valence-corrected chi connectivity index (χ3v) is 8.34. The molecule has 1 amide bonds. The van der Waals surface area contributed by atoms with Crippen LogP contribution in [0.2, 0.25) is 0 Å². The van der Waals surface area contributed by atoms with E-state index in [0.29, 0.717) is 43.7 Å². The number of carbonyl (C=O) groups excluding carboxylic acids is 2. The zero-order chi connectivity index (χ0) is 24.2. The fourth-order valence-corrected chi connectivity index (χ4v) is 6.30. The molecule has 0 unspecified atom stereocenters. The first kappa shape index (κ1) is 25.0. The van der Waals surface area contributed by atoms with Gasteiger partial charge in [0, 0.05) is 38.1 Å². The molecule has 1 aliphatic heterocycles. The lowest BCUT2D eigenvalue weighted by atomic mass is 9.99. The third-order valence-electron chi connectivity index (χ3n) is 6.31. The van der Waals surface area contributed by atoms with Gasteiger partial charge in [-0.2, -0.15) is 4.31 Å². The van der Waals surface area contributed by atoms with Gasteiger partial charge >= 0.3 is 5.97 Å². The summed E-state index contributed by atoms with van der Waals surface area (Å²) in [6.45, 7) is 6.12. The average Bonchev–Trinajstić information content (AvgIpc) is 3.04. The van der Waals surface area contributed by atoms with Crippen molar-refractivity contribution in [3.8, 4) is 0 Å². The molecule has 3 rings (SSSR count). The van der Waals surface area contributed by atoms with Crippen LogP contribution in [0.25, 0.3) is 0 Å². The van der Waals surface area contributed by atoms with Gasteiger partial charge in [0.2, 0.25) is 15.9 Å². The Balaban J connectivity index is 1.76. The van der Waals surface area contributed by atoms with Crippen LogP contribution in [0.3, 0.4) is 0 Å². The fourth-order valence-electron chi connectivity index (χ4n) is 4.30. The molecule has 1 aromatic heterocycles. The normalized spacial score (nSPS) is 17.0. The van der Waals surface area contributed by atoms with E-state index in [2.05, 4.69) is 5.32 Å². The maximum atomic E-state index is 13.6. The van der Waals surface area contributed by atoms with E-state index in [-0.39, 0.29) is 29.5 Å². The largest absolute Gasteiger partial charge is 0.462 e. The van der Waals surface area contributed by atoms with Gasteiger partial charge < -0.3 is 14.6 Å². The topological polar surface area (TPSA) is 97.7 Å². The van der Waals surface area contributed by atoms with Gasteiger partial charge in [0.15, 0.2) is 0 Å². The summed E-state index contributed by atoms with van der Waals surface area (Å²) in [7, 11) is -2.26. The van der Waals surface area contributed by atoms with E-state index in [9.17, 15) is 18.0 Å². The lowest BCUT2D eigenvalue weighted by molar-refractivity contribution is -0.126. The van der Waals surface area contributed by atoms with Crippen LogP contribution in [0.5, 0.6) is 0 Å². The summed E-state index contributed by atoms with van der Waals surface area (Å²) >= 11 is 0. The number of hydrogen-bond acceptors (Lipinski definition) is 5. The predicted molar refractivity (Wildman–Crippen MR) is 125 cm³/mol. The molecule has 0 spiro atoms. The van der Waals surface area contributed by atoms with Crippen LogP contribution in [0.15, 0.2) is 35.2 Å². The first-order valence-electron chi connectivity index (χ1n) is 11.3. The van der Waals surface area contributed by atoms with Crippen LogP contribution in [0.1, 0.15) is 47.1 Å². The summed E-state index contributed by atoms with van der Waals surface area (Å²) in [5.41, 5.74) is 2.22. The number of nitrogens with one attached hydrogen (secondary N) is 1. The van der Waals surface area contributed by atoms with Gasteiger partial charge in [0.25, 0.3) is 0 Å². The van der Waals surface area contributed by atoms with Crippen LogP contribution in [0, 0.1) is 19.8 Å². The highest BCUT2D eigenvalue weighted by Crippen LogP contribution is 2.32. The van der Waals surface area contributed by atoms with E-state index < -0.39 is 21.9 Å².